The third kappa shape index (κ3) is 5.01. The van der Waals surface area contributed by atoms with Gasteiger partial charge in [0.2, 0.25) is 11.6 Å². The maximum absolute atomic E-state index is 13.1. The average molecular weight is 445 g/mol. The summed E-state index contributed by atoms with van der Waals surface area (Å²) in [7, 11) is 0. The Labute approximate surface area is 171 Å². The van der Waals surface area contributed by atoms with E-state index in [0.717, 1.165) is 29.5 Å². The van der Waals surface area contributed by atoms with Crippen LogP contribution in [0.1, 0.15) is 11.1 Å². The molecule has 0 bridgehead atoms. The van der Waals surface area contributed by atoms with Gasteiger partial charge < -0.3 is 5.32 Å². The minimum atomic E-state index is -4.68. The molecule has 11 heteroatoms. The van der Waals surface area contributed by atoms with Gasteiger partial charge in [0, 0.05) is 17.2 Å². The van der Waals surface area contributed by atoms with E-state index in [1.54, 1.807) is 12.1 Å². The van der Waals surface area contributed by atoms with E-state index in [1.165, 1.54) is 10.7 Å². The number of amides is 1. The van der Waals surface area contributed by atoms with E-state index >= 15 is 0 Å². The van der Waals surface area contributed by atoms with Crippen molar-refractivity contribution in [2.24, 2.45) is 0 Å². The van der Waals surface area contributed by atoms with Crippen LogP contribution in [-0.4, -0.2) is 16.9 Å². The maximum Gasteiger partial charge on any atom is 0.442 e. The second-order valence-electron chi connectivity index (χ2n) is 5.98. The Morgan fingerprint density at radius 2 is 1.93 bits per heavy atom. The number of H-pyrrole nitrogens is 1. The van der Waals surface area contributed by atoms with Crippen molar-refractivity contribution in [2.45, 2.75) is 18.1 Å². The zero-order valence-corrected chi connectivity index (χ0v) is 16.4. The summed E-state index contributed by atoms with van der Waals surface area (Å²) in [6, 6.07) is 10.2. The highest BCUT2D eigenvalue weighted by Gasteiger charge is 2.34. The number of nitrogens with one attached hydrogen (secondary N) is 2. The van der Waals surface area contributed by atoms with Gasteiger partial charge in [-0.15, -0.1) is 0 Å². The van der Waals surface area contributed by atoms with Crippen LogP contribution < -0.4 is 15.6 Å². The summed E-state index contributed by atoms with van der Waals surface area (Å²) in [4.78, 5) is 24.1. The molecule has 0 unspecified atom stereocenters. The molecule has 3 rings (SSSR count). The van der Waals surface area contributed by atoms with E-state index in [0.29, 0.717) is 5.69 Å². The van der Waals surface area contributed by atoms with Crippen molar-refractivity contribution in [3.05, 3.63) is 69.0 Å². The quantitative estimate of drug-likeness (QED) is 0.461. The number of alkyl halides is 3. The molecule has 6 nitrogen and oxygen atoms in total. The van der Waals surface area contributed by atoms with Crippen LogP contribution in [-0.2, 0) is 11.0 Å². The summed E-state index contributed by atoms with van der Waals surface area (Å²) in [6.07, 6.45) is -4.68. The molecule has 0 aliphatic carbocycles. The molecule has 3 aromatic rings. The number of aromatic amines is 1. The highest BCUT2D eigenvalue weighted by Crippen LogP contribution is 2.36. The van der Waals surface area contributed by atoms with E-state index in [-0.39, 0.29) is 15.8 Å². The minimum Gasteiger partial charge on any atom is -0.325 e. The van der Waals surface area contributed by atoms with E-state index in [4.69, 9.17) is 16.1 Å². The van der Waals surface area contributed by atoms with Crippen LogP contribution >= 0.6 is 23.4 Å². The van der Waals surface area contributed by atoms with E-state index in [1.807, 2.05) is 19.1 Å². The van der Waals surface area contributed by atoms with Gasteiger partial charge in [0.25, 0.3) is 0 Å². The van der Waals surface area contributed by atoms with E-state index in [9.17, 15) is 22.8 Å². The largest absolute Gasteiger partial charge is 0.442 e. The Hall–Kier alpha value is -2.72. The predicted octanol–water partition coefficient (Wildman–Crippen LogP) is 3.96. The van der Waals surface area contributed by atoms with Gasteiger partial charge in [-0.2, -0.15) is 13.2 Å². The fourth-order valence-corrected chi connectivity index (χ4v) is 3.37. The van der Waals surface area contributed by atoms with E-state index in [2.05, 4.69) is 10.6 Å². The smallest absolute Gasteiger partial charge is 0.325 e. The van der Waals surface area contributed by atoms with Crippen LogP contribution in [0.25, 0.3) is 5.69 Å². The molecule has 1 aromatic heterocycles. The van der Waals surface area contributed by atoms with Crippen molar-refractivity contribution in [3.8, 4) is 5.69 Å². The number of aromatic nitrogens is 2. The molecular formula is C18H14ClF3N3O3S+. The Kier molecular flexibility index (Phi) is 6.04. The number of anilines is 1. The summed E-state index contributed by atoms with van der Waals surface area (Å²) in [5.41, 5.74) is -0.566. The lowest BCUT2D eigenvalue weighted by Gasteiger charge is -2.13. The molecule has 152 valence electrons. The lowest BCUT2D eigenvalue weighted by atomic mass is 10.1. The molecule has 2 N–H and O–H groups in total. The normalized spacial score (nSPS) is 11.5. The first kappa shape index (κ1) is 21.0. The Morgan fingerprint density at radius 1 is 1.24 bits per heavy atom. The second kappa shape index (κ2) is 8.34. The van der Waals surface area contributed by atoms with Crippen LogP contribution in [0.5, 0.6) is 0 Å². The van der Waals surface area contributed by atoms with Gasteiger partial charge in [0.1, 0.15) is 0 Å². The molecule has 1 amide bonds. The molecule has 0 spiro atoms. The molecule has 0 aliphatic heterocycles. The molecule has 0 saturated carbocycles. The lowest BCUT2D eigenvalue weighted by molar-refractivity contribution is -0.704. The fourth-order valence-electron chi connectivity index (χ4n) is 2.43. The lowest BCUT2D eigenvalue weighted by Crippen LogP contribution is -2.36. The van der Waals surface area contributed by atoms with Crippen molar-refractivity contribution in [3.63, 3.8) is 0 Å². The number of hydrogen-bond acceptors (Lipinski definition) is 4. The Balaban J connectivity index is 1.75. The van der Waals surface area contributed by atoms with Gasteiger partial charge in [-0.3, -0.25) is 9.32 Å². The van der Waals surface area contributed by atoms with Crippen molar-refractivity contribution >= 4 is 35.0 Å². The summed E-state index contributed by atoms with van der Waals surface area (Å²) in [5.74, 6) is -1.03. The second-order valence-corrected chi connectivity index (χ2v) is 7.38. The molecule has 0 aliphatic rings. The van der Waals surface area contributed by atoms with Crippen LogP contribution in [0.4, 0.5) is 18.9 Å². The first-order valence-electron chi connectivity index (χ1n) is 8.15. The zero-order chi connectivity index (χ0) is 21.2. The topological polar surface area (TPSA) is 79.0 Å². The number of hydrogen-bond donors (Lipinski definition) is 2. The van der Waals surface area contributed by atoms with E-state index < -0.39 is 29.0 Å². The summed E-state index contributed by atoms with van der Waals surface area (Å²) in [5, 5.41) is 4.61. The average Bonchev–Trinajstić information content (AvgIpc) is 3.02. The van der Waals surface area contributed by atoms with Gasteiger partial charge in [-0.25, -0.2) is 4.79 Å². The van der Waals surface area contributed by atoms with Gasteiger partial charge >= 0.3 is 16.8 Å². The number of carbonyl (C=O) groups is 1. The number of carbonyl (C=O) groups excluding carboxylic acids is 1. The molecule has 0 radical (unpaired) electrons. The van der Waals surface area contributed by atoms with Crippen molar-refractivity contribution < 1.29 is 27.2 Å². The third-order valence-corrected chi connectivity index (χ3v) is 5.06. The molecule has 0 saturated heterocycles. The van der Waals surface area contributed by atoms with Gasteiger partial charge in [-0.05, 0) is 46.8 Å². The molecule has 1 heterocycles. The Bertz CT molecular complexity index is 1090. The highest BCUT2D eigenvalue weighted by molar-refractivity contribution is 7.99. The number of thioether (sulfide) groups is 1. The predicted molar refractivity (Wildman–Crippen MR) is 101 cm³/mol. The molecule has 0 fully saturated rings. The number of benzene rings is 2. The monoisotopic (exact) mass is 444 g/mol. The van der Waals surface area contributed by atoms with Crippen molar-refractivity contribution in [2.75, 3.05) is 11.1 Å². The first-order chi connectivity index (χ1) is 13.6. The standard InChI is InChI=1S/C18H13ClF3N3O3S/c1-10-2-5-12(6-3-10)25-16(17(27)28-24-25)29-9-15(26)23-14-7-4-11(19)8-13(14)18(20,21)22/h2-8H,9H2,1H3,(H-,23,24,26,27)/p+1. The van der Waals surface area contributed by atoms with Gasteiger partial charge in [-0.1, -0.05) is 29.3 Å². The number of nitrogens with zero attached hydrogens (tertiary/aromatic N) is 1. The number of aryl methyl sites for hydroxylation is 1. The van der Waals surface area contributed by atoms with Crippen molar-refractivity contribution in [1.82, 2.24) is 5.27 Å². The summed E-state index contributed by atoms with van der Waals surface area (Å²) in [6.45, 7) is 1.90. The van der Waals surface area contributed by atoms with Gasteiger partial charge in [0.15, 0.2) is 0 Å². The number of halogens is 4. The molecule has 2 aromatic carbocycles. The zero-order valence-electron chi connectivity index (χ0n) is 14.8. The number of rotatable bonds is 5. The maximum atomic E-state index is 13.1. The van der Waals surface area contributed by atoms with Crippen LogP contribution in [0, 0.1) is 6.92 Å². The summed E-state index contributed by atoms with van der Waals surface area (Å²) >= 11 is 6.45. The van der Waals surface area contributed by atoms with Gasteiger partial charge in [0.05, 0.1) is 17.0 Å². The molecule has 0 atom stereocenters. The van der Waals surface area contributed by atoms with Crippen LogP contribution in [0.3, 0.4) is 0 Å². The molecular weight excluding hydrogens is 431 g/mol. The Morgan fingerprint density at radius 3 is 2.59 bits per heavy atom. The summed E-state index contributed by atoms with van der Waals surface area (Å²) < 4.78 is 45.5. The first-order valence-corrected chi connectivity index (χ1v) is 9.51. The minimum absolute atomic E-state index is 0.0798. The van der Waals surface area contributed by atoms with Crippen LogP contribution in [0.15, 0.2) is 56.8 Å². The molecule has 29 heavy (non-hydrogen) atoms. The SMILES string of the molecule is Cc1ccc(-[n+]2[nH]oc(=O)c2SCC(=O)Nc2ccc(Cl)cc2C(F)(F)F)cc1. The fraction of sp³-hybridized carbons (Fsp3) is 0.167. The van der Waals surface area contributed by atoms with Crippen LogP contribution in [0.2, 0.25) is 5.02 Å². The third-order valence-electron chi connectivity index (χ3n) is 3.80. The highest BCUT2D eigenvalue weighted by atomic mass is 35.5. The van der Waals surface area contributed by atoms with Crippen molar-refractivity contribution in [1.29, 1.82) is 0 Å².